The number of phenolic OH excluding ortho intramolecular Hbond substituents is 1. The lowest BCUT2D eigenvalue weighted by atomic mass is 10.0. The highest BCUT2D eigenvalue weighted by Gasteiger charge is 2.33. The van der Waals surface area contributed by atoms with Crippen molar-refractivity contribution in [2.45, 2.75) is 76.3 Å². The quantitative estimate of drug-likeness (QED) is 0.0371. The van der Waals surface area contributed by atoms with Crippen LogP contribution in [-0.2, 0) is 49.5 Å². The Morgan fingerprint density at radius 2 is 1.34 bits per heavy atom. The fourth-order valence-corrected chi connectivity index (χ4v) is 4.48. The molecule has 296 valence electrons. The maximum atomic E-state index is 13.4. The Hall–Kier alpha value is -4.99. The minimum atomic E-state index is -1.66. The monoisotopic (exact) mass is 771 g/mol. The second kappa shape index (κ2) is 23.5. The van der Waals surface area contributed by atoms with Crippen molar-refractivity contribution in [2.24, 2.45) is 11.7 Å². The van der Waals surface area contributed by atoms with Crippen LogP contribution < -0.4 is 37.6 Å². The number of rotatable bonds is 23. The van der Waals surface area contributed by atoms with Gasteiger partial charge in [-0.05, 0) is 37.0 Å². The minimum Gasteiger partial charge on any atom is -0.508 e. The smallest absolute Gasteiger partial charge is 0.325 e. The molecule has 1 aromatic rings. The van der Waals surface area contributed by atoms with Gasteiger partial charge in [0.2, 0.25) is 35.4 Å². The molecule has 21 heteroatoms. The average Bonchev–Trinajstić information content (AvgIpc) is 3.11. The number of aliphatic carboxylic acids is 1. The number of carbonyl (C=O) groups excluding carboxylic acids is 7. The van der Waals surface area contributed by atoms with Gasteiger partial charge < -0.3 is 62.8 Å². The molecule has 0 heterocycles. The van der Waals surface area contributed by atoms with E-state index in [-0.39, 0.29) is 24.5 Å². The molecular weight excluding hydrogens is 722 g/mol. The van der Waals surface area contributed by atoms with Crippen LogP contribution >= 0.6 is 12.6 Å². The summed E-state index contributed by atoms with van der Waals surface area (Å²) in [6.07, 6.45) is -1.13. The molecule has 1 rings (SSSR count). The standard InChI is InChI=1S/C32H49N7O13S/c1-16(2)26(39-30(49)21(8-9-24(43)44)36-27(46)17(3)35-28(47)20(33)14-40)32(51)38-23(15-41)31(50)37-22(12-18-4-6-19(42)7-5-18)29(48)34-13-25(45)52-10-11-53/h4-7,16-17,20-23,26,40-42,53H,8-15,33H2,1-3H3,(H,34,48)(H,35,47)(H,36,46)(H,37,50)(H,38,51)(H,39,49)(H,43,44)/t17-,20-,21-,22-,23-,26-/m0/s1. The molecule has 20 nitrogen and oxygen atoms in total. The van der Waals surface area contributed by atoms with Gasteiger partial charge in [-0.2, -0.15) is 12.6 Å². The Kier molecular flexibility index (Phi) is 20.5. The first kappa shape index (κ1) is 46.0. The number of esters is 1. The summed E-state index contributed by atoms with van der Waals surface area (Å²) < 4.78 is 4.87. The lowest BCUT2D eigenvalue weighted by Crippen LogP contribution is -2.61. The summed E-state index contributed by atoms with van der Waals surface area (Å²) in [6, 6.07) is -2.83. The largest absolute Gasteiger partial charge is 0.508 e. The predicted octanol–water partition coefficient (Wildman–Crippen LogP) is -4.20. The number of carbonyl (C=O) groups is 8. The van der Waals surface area contributed by atoms with Crippen LogP contribution in [0.4, 0.5) is 0 Å². The van der Waals surface area contributed by atoms with E-state index in [1.807, 2.05) is 0 Å². The molecule has 0 aliphatic heterocycles. The summed E-state index contributed by atoms with van der Waals surface area (Å²) in [5.41, 5.74) is 5.92. The second-order valence-corrected chi connectivity index (χ2v) is 12.5. The number of carboxylic acids is 1. The van der Waals surface area contributed by atoms with Gasteiger partial charge in [0, 0.05) is 18.6 Å². The van der Waals surface area contributed by atoms with E-state index in [4.69, 9.17) is 15.6 Å². The number of aliphatic hydroxyl groups excluding tert-OH is 2. The molecule has 0 fully saturated rings. The van der Waals surface area contributed by atoms with E-state index >= 15 is 0 Å². The molecule has 0 saturated heterocycles. The Labute approximate surface area is 310 Å². The lowest BCUT2D eigenvalue weighted by molar-refractivity contribution is -0.143. The molecule has 53 heavy (non-hydrogen) atoms. The molecule has 0 aliphatic carbocycles. The molecule has 0 saturated carbocycles. The number of aliphatic hydroxyl groups is 2. The van der Waals surface area contributed by atoms with Crippen LogP contribution in [0.3, 0.4) is 0 Å². The molecular formula is C32H49N7O13S. The molecule has 6 atom stereocenters. The minimum absolute atomic E-state index is 0.000618. The van der Waals surface area contributed by atoms with Crippen LogP contribution in [0.5, 0.6) is 5.75 Å². The Bertz CT molecular complexity index is 1430. The highest BCUT2D eigenvalue weighted by molar-refractivity contribution is 7.80. The van der Waals surface area contributed by atoms with Crippen LogP contribution in [0.1, 0.15) is 39.2 Å². The van der Waals surface area contributed by atoms with Gasteiger partial charge in [-0.15, -0.1) is 0 Å². The molecule has 0 spiro atoms. The summed E-state index contributed by atoms with van der Waals surface area (Å²) in [6.45, 7) is 2.12. The van der Waals surface area contributed by atoms with Gasteiger partial charge in [0.15, 0.2) is 0 Å². The van der Waals surface area contributed by atoms with E-state index in [0.717, 1.165) is 0 Å². The number of aromatic hydroxyl groups is 1. The van der Waals surface area contributed by atoms with Crippen molar-refractivity contribution in [3.8, 4) is 5.75 Å². The number of hydrogen-bond acceptors (Lipinski definition) is 14. The number of benzene rings is 1. The summed E-state index contributed by atoms with van der Waals surface area (Å²) in [4.78, 5) is 101. The van der Waals surface area contributed by atoms with Crippen LogP contribution in [0, 0.1) is 5.92 Å². The molecule has 6 amide bonds. The highest BCUT2D eigenvalue weighted by Crippen LogP contribution is 2.12. The first-order valence-electron chi connectivity index (χ1n) is 16.5. The first-order chi connectivity index (χ1) is 24.9. The van der Waals surface area contributed by atoms with Gasteiger partial charge in [-0.25, -0.2) is 0 Å². The fraction of sp³-hybridized carbons (Fsp3) is 0.562. The molecule has 0 aromatic heterocycles. The van der Waals surface area contributed by atoms with E-state index in [9.17, 15) is 53.7 Å². The van der Waals surface area contributed by atoms with E-state index in [2.05, 4.69) is 44.5 Å². The number of phenols is 1. The summed E-state index contributed by atoms with van der Waals surface area (Å²) >= 11 is 3.93. The van der Waals surface area contributed by atoms with Gasteiger partial charge in [0.1, 0.15) is 55.2 Å². The third kappa shape index (κ3) is 16.9. The molecule has 12 N–H and O–H groups in total. The average molecular weight is 772 g/mol. The van der Waals surface area contributed by atoms with E-state index < -0.39 is 122 Å². The Balaban J connectivity index is 3.13. The van der Waals surface area contributed by atoms with E-state index in [1.165, 1.54) is 45.0 Å². The molecule has 1 aromatic carbocycles. The maximum absolute atomic E-state index is 13.4. The lowest BCUT2D eigenvalue weighted by Gasteiger charge is -2.28. The van der Waals surface area contributed by atoms with Crippen molar-refractivity contribution < 1.29 is 63.5 Å². The molecule has 0 bridgehead atoms. The summed E-state index contributed by atoms with van der Waals surface area (Å²) in [5, 5.41) is 51.9. The van der Waals surface area contributed by atoms with Crippen LogP contribution in [-0.4, -0.2) is 136 Å². The number of nitrogens with two attached hydrogens (primary N) is 1. The van der Waals surface area contributed by atoms with E-state index in [1.54, 1.807) is 0 Å². The fourth-order valence-electron chi connectivity index (χ4n) is 4.39. The number of hydrogen-bond donors (Lipinski definition) is 12. The normalized spacial score (nSPS) is 14.3. The Morgan fingerprint density at radius 3 is 1.89 bits per heavy atom. The summed E-state index contributed by atoms with van der Waals surface area (Å²) in [7, 11) is 0. The molecule has 0 unspecified atom stereocenters. The highest BCUT2D eigenvalue weighted by atomic mass is 32.1. The molecule has 0 radical (unpaired) electrons. The van der Waals surface area contributed by atoms with Crippen molar-refractivity contribution in [1.82, 2.24) is 31.9 Å². The van der Waals surface area contributed by atoms with E-state index in [0.29, 0.717) is 5.56 Å². The molecule has 0 aliphatic rings. The first-order valence-corrected chi connectivity index (χ1v) is 17.1. The van der Waals surface area contributed by atoms with Crippen LogP contribution in [0.25, 0.3) is 0 Å². The van der Waals surface area contributed by atoms with Gasteiger partial charge in [0.05, 0.1) is 13.2 Å². The zero-order valence-corrected chi connectivity index (χ0v) is 30.4. The van der Waals surface area contributed by atoms with Gasteiger partial charge in [-0.3, -0.25) is 38.4 Å². The van der Waals surface area contributed by atoms with Crippen molar-refractivity contribution >= 4 is 60.0 Å². The van der Waals surface area contributed by atoms with Crippen LogP contribution in [0.15, 0.2) is 24.3 Å². The predicted molar refractivity (Wildman–Crippen MR) is 189 cm³/mol. The van der Waals surface area contributed by atoms with Crippen molar-refractivity contribution in [3.63, 3.8) is 0 Å². The third-order valence-electron chi connectivity index (χ3n) is 7.40. The summed E-state index contributed by atoms with van der Waals surface area (Å²) in [5.74, 6) is -8.08. The number of carboxylic acid groups (broad SMARTS) is 1. The van der Waals surface area contributed by atoms with Gasteiger partial charge in [0.25, 0.3) is 0 Å². The topological polar surface area (TPSA) is 325 Å². The van der Waals surface area contributed by atoms with Crippen molar-refractivity contribution in [1.29, 1.82) is 0 Å². The Morgan fingerprint density at radius 1 is 0.755 bits per heavy atom. The zero-order valence-electron chi connectivity index (χ0n) is 29.5. The van der Waals surface area contributed by atoms with Crippen LogP contribution in [0.2, 0.25) is 0 Å². The number of amides is 6. The third-order valence-corrected chi connectivity index (χ3v) is 7.58. The van der Waals surface area contributed by atoms with Gasteiger partial charge in [-0.1, -0.05) is 26.0 Å². The number of ether oxygens (including phenoxy) is 1. The number of thiol groups is 1. The van der Waals surface area contributed by atoms with Crippen molar-refractivity contribution in [3.05, 3.63) is 29.8 Å². The zero-order chi connectivity index (χ0) is 40.2. The second-order valence-electron chi connectivity index (χ2n) is 12.1. The van der Waals surface area contributed by atoms with Gasteiger partial charge >= 0.3 is 11.9 Å². The van der Waals surface area contributed by atoms with Crippen molar-refractivity contribution in [2.75, 3.05) is 32.1 Å². The SMILES string of the molecule is CC(C)[C@H](NC(=O)[C@H](CCC(=O)O)NC(=O)[C@H](C)NC(=O)[C@@H](N)CO)C(=O)N[C@@H](CO)C(=O)N[C@@H](Cc1ccc(O)cc1)C(=O)NCC(=O)OCCS. The maximum Gasteiger partial charge on any atom is 0.325 e. The number of nitrogens with one attached hydrogen (secondary N) is 6.